The Labute approximate surface area is 114 Å². The van der Waals surface area contributed by atoms with Gasteiger partial charge in [-0.2, -0.15) is 0 Å². The minimum atomic E-state index is -0.0635. The van der Waals surface area contributed by atoms with Gasteiger partial charge in [0.1, 0.15) is 0 Å². The van der Waals surface area contributed by atoms with E-state index < -0.39 is 0 Å². The van der Waals surface area contributed by atoms with Gasteiger partial charge in [0.25, 0.3) is 0 Å². The van der Waals surface area contributed by atoms with Crippen LogP contribution in [-0.2, 0) is 0 Å². The third-order valence-corrected chi connectivity index (χ3v) is 3.73. The van der Waals surface area contributed by atoms with E-state index in [9.17, 15) is 5.11 Å². The molecular weight excluding hydrogens is 224 g/mol. The van der Waals surface area contributed by atoms with Gasteiger partial charge >= 0.3 is 0 Å². The Hall–Kier alpha value is -0.120. The van der Waals surface area contributed by atoms with Crippen molar-refractivity contribution in [2.24, 2.45) is 5.92 Å². The van der Waals surface area contributed by atoms with E-state index in [4.69, 9.17) is 0 Å². The van der Waals surface area contributed by atoms with Crippen molar-refractivity contribution in [2.75, 3.05) is 32.8 Å². The first kappa shape index (κ1) is 17.9. The topological polar surface area (TPSA) is 35.5 Å². The Bertz CT molecular complexity index is 191. The van der Waals surface area contributed by atoms with Gasteiger partial charge in [0, 0.05) is 12.1 Å². The van der Waals surface area contributed by atoms with Crippen LogP contribution in [0.1, 0.15) is 53.9 Å². The van der Waals surface area contributed by atoms with E-state index in [1.54, 1.807) is 0 Å². The monoisotopic (exact) mass is 258 g/mol. The lowest BCUT2D eigenvalue weighted by Crippen LogP contribution is -2.48. The molecule has 3 heteroatoms. The molecular formula is C15H34N2O. The molecule has 110 valence electrons. The van der Waals surface area contributed by atoms with Crippen molar-refractivity contribution in [3.05, 3.63) is 0 Å². The molecule has 0 aliphatic heterocycles. The van der Waals surface area contributed by atoms with Crippen LogP contribution in [0, 0.1) is 5.92 Å². The summed E-state index contributed by atoms with van der Waals surface area (Å²) in [6.07, 6.45) is 3.21. The summed E-state index contributed by atoms with van der Waals surface area (Å²) in [5.41, 5.74) is -0.0635. The summed E-state index contributed by atoms with van der Waals surface area (Å²) in [6, 6.07) is 0. The Kier molecular flexibility index (Phi) is 9.70. The molecule has 1 unspecified atom stereocenters. The zero-order chi connectivity index (χ0) is 14.0. The number of nitrogens with zero attached hydrogens (tertiary/aromatic N) is 1. The number of hydrogen-bond acceptors (Lipinski definition) is 3. The first-order chi connectivity index (χ1) is 8.53. The van der Waals surface area contributed by atoms with Crippen LogP contribution in [0.15, 0.2) is 0 Å². The van der Waals surface area contributed by atoms with Crippen molar-refractivity contribution < 1.29 is 5.11 Å². The molecule has 0 aromatic carbocycles. The van der Waals surface area contributed by atoms with Crippen molar-refractivity contribution >= 4 is 0 Å². The molecule has 0 bridgehead atoms. The highest BCUT2D eigenvalue weighted by Gasteiger charge is 2.25. The summed E-state index contributed by atoms with van der Waals surface area (Å²) < 4.78 is 0. The molecule has 0 heterocycles. The van der Waals surface area contributed by atoms with Crippen LogP contribution in [0.2, 0.25) is 0 Å². The van der Waals surface area contributed by atoms with E-state index in [2.05, 4.69) is 44.8 Å². The quantitative estimate of drug-likeness (QED) is 0.598. The molecule has 0 saturated heterocycles. The third-order valence-electron chi connectivity index (χ3n) is 3.73. The van der Waals surface area contributed by atoms with Gasteiger partial charge in [-0.05, 0) is 44.8 Å². The standard InChI is InChI=1S/C15H34N2O/c1-6-15(13-18,16-7-2)10-9-11-17(8-3)12-14(4)5/h14,16,18H,6-13H2,1-5H3. The molecule has 0 saturated carbocycles. The van der Waals surface area contributed by atoms with Gasteiger partial charge in [0.15, 0.2) is 0 Å². The summed E-state index contributed by atoms with van der Waals surface area (Å²) in [6.45, 7) is 15.6. The predicted octanol–water partition coefficient (Wildman–Crippen LogP) is 2.50. The minimum absolute atomic E-state index is 0.0635. The highest BCUT2D eigenvalue weighted by atomic mass is 16.3. The second-order valence-electron chi connectivity index (χ2n) is 5.71. The smallest absolute Gasteiger partial charge is 0.0613 e. The fraction of sp³-hybridized carbons (Fsp3) is 1.00. The zero-order valence-electron chi connectivity index (χ0n) is 13.1. The first-order valence-corrected chi connectivity index (χ1v) is 7.61. The van der Waals surface area contributed by atoms with Crippen molar-refractivity contribution in [1.29, 1.82) is 0 Å². The number of aliphatic hydroxyl groups is 1. The molecule has 0 rings (SSSR count). The molecule has 0 amide bonds. The molecule has 1 atom stereocenters. The van der Waals surface area contributed by atoms with Gasteiger partial charge in [-0.1, -0.05) is 34.6 Å². The lowest BCUT2D eigenvalue weighted by Gasteiger charge is -2.33. The van der Waals surface area contributed by atoms with Gasteiger partial charge in [-0.25, -0.2) is 0 Å². The lowest BCUT2D eigenvalue weighted by molar-refractivity contribution is 0.139. The number of rotatable bonds is 11. The maximum Gasteiger partial charge on any atom is 0.0613 e. The third kappa shape index (κ3) is 6.72. The van der Waals surface area contributed by atoms with Crippen LogP contribution in [-0.4, -0.2) is 48.3 Å². The summed E-state index contributed by atoms with van der Waals surface area (Å²) in [5.74, 6) is 0.729. The second kappa shape index (κ2) is 9.76. The van der Waals surface area contributed by atoms with Crippen molar-refractivity contribution in [3.8, 4) is 0 Å². The van der Waals surface area contributed by atoms with Crippen molar-refractivity contribution in [3.63, 3.8) is 0 Å². The van der Waals surface area contributed by atoms with Crippen LogP contribution >= 0.6 is 0 Å². The number of aliphatic hydroxyl groups excluding tert-OH is 1. The number of likely N-dealkylation sites (N-methyl/N-ethyl adjacent to an activating group) is 1. The molecule has 2 N–H and O–H groups in total. The average molecular weight is 258 g/mol. The Morgan fingerprint density at radius 2 is 1.89 bits per heavy atom. The van der Waals surface area contributed by atoms with Crippen LogP contribution in [0.3, 0.4) is 0 Å². The van der Waals surface area contributed by atoms with Crippen LogP contribution in [0.5, 0.6) is 0 Å². The fourth-order valence-electron chi connectivity index (χ4n) is 2.55. The summed E-state index contributed by atoms with van der Waals surface area (Å²) in [7, 11) is 0. The van der Waals surface area contributed by atoms with Gasteiger partial charge in [0.2, 0.25) is 0 Å². The van der Waals surface area contributed by atoms with Gasteiger partial charge in [-0.3, -0.25) is 0 Å². The SMILES string of the molecule is CCNC(CC)(CO)CCCN(CC)CC(C)C. The van der Waals surface area contributed by atoms with E-state index in [1.807, 2.05) is 0 Å². The van der Waals surface area contributed by atoms with Crippen LogP contribution in [0.4, 0.5) is 0 Å². The maximum absolute atomic E-state index is 9.60. The van der Waals surface area contributed by atoms with E-state index >= 15 is 0 Å². The Balaban J connectivity index is 4.11. The molecule has 3 nitrogen and oxygen atoms in total. The van der Waals surface area contributed by atoms with Crippen molar-refractivity contribution in [2.45, 2.75) is 59.4 Å². The zero-order valence-corrected chi connectivity index (χ0v) is 13.1. The second-order valence-corrected chi connectivity index (χ2v) is 5.71. The Morgan fingerprint density at radius 3 is 2.28 bits per heavy atom. The predicted molar refractivity (Wildman–Crippen MR) is 80.0 cm³/mol. The number of hydrogen-bond donors (Lipinski definition) is 2. The maximum atomic E-state index is 9.60. The molecule has 18 heavy (non-hydrogen) atoms. The molecule has 0 fully saturated rings. The van der Waals surface area contributed by atoms with E-state index in [0.29, 0.717) is 0 Å². The summed E-state index contributed by atoms with van der Waals surface area (Å²) >= 11 is 0. The highest BCUT2D eigenvalue weighted by molar-refractivity contribution is 4.85. The lowest BCUT2D eigenvalue weighted by atomic mass is 9.91. The number of nitrogens with one attached hydrogen (secondary N) is 1. The van der Waals surface area contributed by atoms with Crippen molar-refractivity contribution in [1.82, 2.24) is 10.2 Å². The first-order valence-electron chi connectivity index (χ1n) is 7.61. The van der Waals surface area contributed by atoms with Gasteiger partial charge in [-0.15, -0.1) is 0 Å². The molecule has 0 aliphatic rings. The molecule has 0 aromatic rings. The summed E-state index contributed by atoms with van der Waals surface area (Å²) in [4.78, 5) is 2.51. The average Bonchev–Trinajstić information content (AvgIpc) is 2.36. The van der Waals surface area contributed by atoms with E-state index in [1.165, 1.54) is 6.54 Å². The van der Waals surface area contributed by atoms with E-state index in [-0.39, 0.29) is 12.1 Å². The molecule has 0 spiro atoms. The molecule has 0 aromatic heterocycles. The molecule has 0 aliphatic carbocycles. The minimum Gasteiger partial charge on any atom is -0.394 e. The molecule has 0 radical (unpaired) electrons. The van der Waals surface area contributed by atoms with E-state index in [0.717, 1.165) is 44.8 Å². The Morgan fingerprint density at radius 1 is 1.22 bits per heavy atom. The van der Waals surface area contributed by atoms with Gasteiger partial charge < -0.3 is 15.3 Å². The highest BCUT2D eigenvalue weighted by Crippen LogP contribution is 2.17. The van der Waals surface area contributed by atoms with Crippen LogP contribution in [0.25, 0.3) is 0 Å². The van der Waals surface area contributed by atoms with Crippen LogP contribution < -0.4 is 5.32 Å². The van der Waals surface area contributed by atoms with Gasteiger partial charge in [0.05, 0.1) is 6.61 Å². The largest absolute Gasteiger partial charge is 0.394 e. The normalized spacial score (nSPS) is 15.3. The summed E-state index contributed by atoms with van der Waals surface area (Å²) in [5, 5.41) is 13.1. The fourth-order valence-corrected chi connectivity index (χ4v) is 2.55.